The molecule has 118 valence electrons. The summed E-state index contributed by atoms with van der Waals surface area (Å²) in [6.07, 6.45) is 11.4. The lowest BCUT2D eigenvalue weighted by molar-refractivity contribution is -0.0387. The third-order valence-corrected chi connectivity index (χ3v) is 6.96. The number of hydrogen-bond donors (Lipinski definition) is 1. The highest BCUT2D eigenvalue weighted by Crippen LogP contribution is 2.61. The molecule has 0 bridgehead atoms. The second-order valence-corrected chi connectivity index (χ2v) is 8.55. The number of allylic oxidation sites excluding steroid dienone is 4. The maximum Gasteiger partial charge on any atom is 0.0487 e. The molecule has 1 saturated carbocycles. The van der Waals surface area contributed by atoms with Crippen molar-refractivity contribution in [3.63, 3.8) is 0 Å². The summed E-state index contributed by atoms with van der Waals surface area (Å²) in [6, 6.07) is 0. The minimum Gasteiger partial charge on any atom is -0.396 e. The van der Waals surface area contributed by atoms with E-state index in [0.29, 0.717) is 23.9 Å². The van der Waals surface area contributed by atoms with Crippen molar-refractivity contribution in [2.45, 2.75) is 72.6 Å². The summed E-state index contributed by atoms with van der Waals surface area (Å²) in [5.74, 6) is 1.37. The highest BCUT2D eigenvalue weighted by Gasteiger charge is 2.52. The van der Waals surface area contributed by atoms with Crippen molar-refractivity contribution in [2.24, 2.45) is 22.7 Å². The summed E-state index contributed by atoms with van der Waals surface area (Å²) >= 11 is 0. The standard InChI is InChI=1S/C20H32O/c1-14(2)15-6-8-17-16(12-15)7-9-18-19(3,13-21)10-5-11-20(17,18)4/h12,14,18,21H,5-11,13H2,1-4H3/t18-,19-,20+/m0/s1. The second-order valence-electron chi connectivity index (χ2n) is 8.55. The van der Waals surface area contributed by atoms with Crippen LogP contribution in [0.2, 0.25) is 0 Å². The smallest absolute Gasteiger partial charge is 0.0487 e. The van der Waals surface area contributed by atoms with Gasteiger partial charge in [-0.1, -0.05) is 51.3 Å². The van der Waals surface area contributed by atoms with E-state index in [9.17, 15) is 5.11 Å². The molecule has 0 aliphatic heterocycles. The molecule has 1 N–H and O–H groups in total. The van der Waals surface area contributed by atoms with Crippen molar-refractivity contribution in [1.29, 1.82) is 0 Å². The summed E-state index contributed by atoms with van der Waals surface area (Å²) in [6.45, 7) is 9.86. The zero-order valence-electron chi connectivity index (χ0n) is 14.3. The molecule has 1 fully saturated rings. The topological polar surface area (TPSA) is 20.2 Å². The van der Waals surface area contributed by atoms with Gasteiger partial charge in [0.2, 0.25) is 0 Å². The van der Waals surface area contributed by atoms with Crippen molar-refractivity contribution < 1.29 is 5.11 Å². The van der Waals surface area contributed by atoms with Crippen LogP contribution >= 0.6 is 0 Å². The summed E-state index contributed by atoms with van der Waals surface area (Å²) in [5.41, 5.74) is 5.56. The highest BCUT2D eigenvalue weighted by molar-refractivity contribution is 5.40. The van der Waals surface area contributed by atoms with Gasteiger partial charge in [0, 0.05) is 6.61 Å². The minimum absolute atomic E-state index is 0.146. The van der Waals surface area contributed by atoms with E-state index in [0.717, 1.165) is 0 Å². The largest absolute Gasteiger partial charge is 0.396 e. The highest BCUT2D eigenvalue weighted by atomic mass is 16.3. The Bertz CT molecular complexity index is 484. The van der Waals surface area contributed by atoms with Crippen LogP contribution in [0.4, 0.5) is 0 Å². The van der Waals surface area contributed by atoms with Crippen LogP contribution in [-0.2, 0) is 0 Å². The van der Waals surface area contributed by atoms with E-state index in [4.69, 9.17) is 0 Å². The first-order chi connectivity index (χ1) is 9.90. The van der Waals surface area contributed by atoms with Crippen molar-refractivity contribution in [2.75, 3.05) is 6.61 Å². The van der Waals surface area contributed by atoms with Gasteiger partial charge in [0.15, 0.2) is 0 Å². The molecule has 0 unspecified atom stereocenters. The van der Waals surface area contributed by atoms with Gasteiger partial charge in [-0.15, -0.1) is 0 Å². The van der Waals surface area contributed by atoms with E-state index < -0.39 is 0 Å². The Labute approximate surface area is 130 Å². The fraction of sp³-hybridized carbons (Fsp3) is 0.800. The Balaban J connectivity index is 2.00. The van der Waals surface area contributed by atoms with Crippen LogP contribution in [0, 0.1) is 22.7 Å². The van der Waals surface area contributed by atoms with E-state index in [1.807, 2.05) is 0 Å². The number of hydrogen-bond acceptors (Lipinski definition) is 1. The maximum atomic E-state index is 9.99. The maximum absolute atomic E-state index is 9.99. The Hall–Kier alpha value is -0.560. The molecule has 0 radical (unpaired) electrons. The van der Waals surface area contributed by atoms with Gasteiger partial charge in [0.05, 0.1) is 0 Å². The SMILES string of the molecule is CC(C)C1=CC2=C(CC1)[C@@]1(C)CCC[C@@](C)(CO)[C@@H]1CC2. The van der Waals surface area contributed by atoms with Crippen LogP contribution in [-0.4, -0.2) is 11.7 Å². The molecule has 21 heavy (non-hydrogen) atoms. The van der Waals surface area contributed by atoms with Gasteiger partial charge in [0.1, 0.15) is 0 Å². The summed E-state index contributed by atoms with van der Waals surface area (Å²) in [5, 5.41) is 9.99. The van der Waals surface area contributed by atoms with Gasteiger partial charge >= 0.3 is 0 Å². The van der Waals surface area contributed by atoms with Crippen molar-refractivity contribution in [3.8, 4) is 0 Å². The van der Waals surface area contributed by atoms with Crippen LogP contribution in [0.3, 0.4) is 0 Å². The van der Waals surface area contributed by atoms with Crippen molar-refractivity contribution >= 4 is 0 Å². The van der Waals surface area contributed by atoms with Crippen LogP contribution in [0.5, 0.6) is 0 Å². The van der Waals surface area contributed by atoms with Crippen LogP contribution in [0.25, 0.3) is 0 Å². The first kappa shape index (κ1) is 15.3. The van der Waals surface area contributed by atoms with Gasteiger partial charge in [-0.25, -0.2) is 0 Å². The van der Waals surface area contributed by atoms with Crippen LogP contribution < -0.4 is 0 Å². The van der Waals surface area contributed by atoms with Crippen molar-refractivity contribution in [3.05, 3.63) is 22.8 Å². The third-order valence-electron chi connectivity index (χ3n) is 6.96. The Morgan fingerprint density at radius 2 is 1.95 bits per heavy atom. The molecule has 0 aromatic heterocycles. The zero-order valence-corrected chi connectivity index (χ0v) is 14.3. The van der Waals surface area contributed by atoms with Gasteiger partial charge in [-0.05, 0) is 66.8 Å². The first-order valence-electron chi connectivity index (χ1n) is 8.94. The fourth-order valence-electron chi connectivity index (χ4n) is 5.64. The molecule has 0 saturated heterocycles. The quantitative estimate of drug-likeness (QED) is 0.735. The third kappa shape index (κ3) is 2.32. The molecule has 3 aliphatic rings. The van der Waals surface area contributed by atoms with Gasteiger partial charge < -0.3 is 5.11 Å². The second kappa shape index (κ2) is 5.26. The average Bonchev–Trinajstić information content (AvgIpc) is 2.46. The molecule has 1 nitrogen and oxygen atoms in total. The molecule has 0 aromatic rings. The Morgan fingerprint density at radius 1 is 1.19 bits per heavy atom. The molecule has 1 heteroatoms. The zero-order chi connectivity index (χ0) is 15.3. The van der Waals surface area contributed by atoms with E-state index in [1.165, 1.54) is 44.9 Å². The monoisotopic (exact) mass is 288 g/mol. The normalized spacial score (nSPS) is 39.9. The van der Waals surface area contributed by atoms with Crippen molar-refractivity contribution in [1.82, 2.24) is 0 Å². The number of fused-ring (bicyclic) bond motifs is 2. The Kier molecular flexibility index (Phi) is 3.84. The molecule has 3 rings (SSSR count). The molecule has 3 atom stereocenters. The van der Waals surface area contributed by atoms with E-state index in [2.05, 4.69) is 33.8 Å². The molecule has 0 aromatic carbocycles. The first-order valence-corrected chi connectivity index (χ1v) is 8.94. The minimum atomic E-state index is 0.146. The van der Waals surface area contributed by atoms with Gasteiger partial charge in [-0.3, -0.25) is 0 Å². The molecule has 0 spiro atoms. The molecule has 0 amide bonds. The lowest BCUT2D eigenvalue weighted by Crippen LogP contribution is -2.48. The van der Waals surface area contributed by atoms with E-state index in [1.54, 1.807) is 16.7 Å². The predicted molar refractivity (Wildman–Crippen MR) is 89.1 cm³/mol. The van der Waals surface area contributed by atoms with Gasteiger partial charge in [0.25, 0.3) is 0 Å². The predicted octanol–water partition coefficient (Wildman–Crippen LogP) is 5.26. The molecular formula is C20H32O. The lowest BCUT2D eigenvalue weighted by Gasteiger charge is -2.56. The molecular weight excluding hydrogens is 256 g/mol. The average molecular weight is 288 g/mol. The number of aliphatic hydroxyl groups is 1. The summed E-state index contributed by atoms with van der Waals surface area (Å²) in [7, 11) is 0. The van der Waals surface area contributed by atoms with E-state index in [-0.39, 0.29) is 5.41 Å². The van der Waals surface area contributed by atoms with E-state index >= 15 is 0 Å². The molecule has 0 heterocycles. The van der Waals surface area contributed by atoms with Crippen LogP contribution in [0.15, 0.2) is 22.8 Å². The Morgan fingerprint density at radius 3 is 2.62 bits per heavy atom. The van der Waals surface area contributed by atoms with Crippen LogP contribution in [0.1, 0.15) is 72.6 Å². The number of rotatable bonds is 2. The summed E-state index contributed by atoms with van der Waals surface area (Å²) < 4.78 is 0. The van der Waals surface area contributed by atoms with Gasteiger partial charge in [-0.2, -0.15) is 0 Å². The molecule has 3 aliphatic carbocycles. The lowest BCUT2D eigenvalue weighted by atomic mass is 9.49. The number of aliphatic hydroxyl groups excluding tert-OH is 1. The fourth-order valence-corrected chi connectivity index (χ4v) is 5.64. The summed E-state index contributed by atoms with van der Waals surface area (Å²) in [4.78, 5) is 0.